The second-order valence-corrected chi connectivity index (χ2v) is 20.9. The fraction of sp³-hybridized carbons (Fsp3) is 0.725. The highest BCUT2D eigenvalue weighted by Crippen LogP contribution is 2.49. The molecule has 3 aliphatic heterocycles. The molecule has 1 saturated heterocycles. The van der Waals surface area contributed by atoms with Gasteiger partial charge in [0.2, 0.25) is 12.1 Å². The number of hydrogen-bond acceptors (Lipinski definition) is 2. The van der Waals surface area contributed by atoms with Gasteiger partial charge in [-0.15, -0.1) is 0 Å². The first kappa shape index (κ1) is 43.9. The number of benzene rings is 2. The molecule has 6 heteroatoms. The van der Waals surface area contributed by atoms with Crippen LogP contribution in [-0.4, -0.2) is 101 Å². The van der Waals surface area contributed by atoms with Crippen molar-refractivity contribution in [2.45, 2.75) is 189 Å². The van der Waals surface area contributed by atoms with Gasteiger partial charge in [-0.2, -0.15) is 0 Å². The second-order valence-electron chi connectivity index (χ2n) is 20.9. The molecule has 1 saturated carbocycles. The van der Waals surface area contributed by atoms with Gasteiger partial charge in [-0.25, -0.2) is 0 Å². The molecule has 6 nitrogen and oxygen atoms in total. The van der Waals surface area contributed by atoms with Crippen molar-refractivity contribution in [3.8, 4) is 11.5 Å². The average Bonchev–Trinajstić information content (AvgIpc) is 3.46. The Hall–Kier alpha value is -2.70. The van der Waals surface area contributed by atoms with E-state index >= 15 is 0 Å². The number of quaternary nitrogens is 2. The van der Waals surface area contributed by atoms with E-state index in [4.69, 9.17) is 9.47 Å². The third-order valence-corrected chi connectivity index (χ3v) is 15.9. The van der Waals surface area contributed by atoms with E-state index in [1.165, 1.54) is 133 Å². The molecular weight excluding hydrogens is 701 g/mol. The van der Waals surface area contributed by atoms with E-state index in [-0.39, 0.29) is 16.2 Å². The van der Waals surface area contributed by atoms with Crippen molar-refractivity contribution in [2.75, 3.05) is 52.4 Å². The van der Waals surface area contributed by atoms with Crippen molar-refractivity contribution in [1.29, 1.82) is 0 Å². The van der Waals surface area contributed by atoms with Gasteiger partial charge in [0.1, 0.15) is 0 Å². The monoisotopic (exact) mass is 785 g/mol. The van der Waals surface area contributed by atoms with Crippen LogP contribution in [0.4, 0.5) is 0 Å². The Morgan fingerprint density at radius 2 is 1.05 bits per heavy atom. The number of fused-ring (bicyclic) bond motifs is 5. The van der Waals surface area contributed by atoms with Crippen molar-refractivity contribution in [1.82, 2.24) is 0 Å². The van der Waals surface area contributed by atoms with Gasteiger partial charge in [-0.3, -0.25) is 0 Å². The third kappa shape index (κ3) is 8.01. The summed E-state index contributed by atoms with van der Waals surface area (Å²) in [6, 6.07) is 9.53. The fourth-order valence-corrected chi connectivity index (χ4v) is 11.2. The molecule has 2 fully saturated rings. The molecule has 6 rings (SSSR count). The molecule has 0 N–H and O–H groups in total. The SMILES string of the molecule is CCc1cc(C(C)(CCC[N+](CC)(CC)CC)CCC[N+](CC)(CC)CC)cc2c1OC13Oc4c(cc(C(C)(C)C)cc4C(C)(C)C)C=[N+]1C1CCCCC1[N+]3=C2. The van der Waals surface area contributed by atoms with Crippen molar-refractivity contribution in [3.05, 3.63) is 57.6 Å². The number of ether oxygens (including phenoxy) is 2. The highest BCUT2D eigenvalue weighted by atomic mass is 16.7. The molecule has 3 heterocycles. The standard InChI is InChI=1S/C51H84N4O2/c1-15-38-32-42(50(14,28-24-30-54(16-2,17-3)18-4)29-25-31-55(19-5,20-6)21-7)34-39-36-52-44-26-22-23-27-45(44)53-37-40-33-41(48(8,9)10)35-43(49(11,12)13)47(40)57-51(52,53)56-46(38)39/h32-37,44-45H,15-31H2,1-14H3/q+4. The number of nitrogens with zero attached hydrogens (tertiary/aromatic N) is 4. The molecule has 4 aliphatic rings. The zero-order valence-corrected chi connectivity index (χ0v) is 39.2. The van der Waals surface area contributed by atoms with Crippen LogP contribution in [-0.2, 0) is 22.7 Å². The maximum absolute atomic E-state index is 7.55. The molecule has 0 radical (unpaired) electrons. The quantitative estimate of drug-likeness (QED) is 0.125. The van der Waals surface area contributed by atoms with Crippen LogP contribution < -0.4 is 9.47 Å². The van der Waals surface area contributed by atoms with Gasteiger partial charge in [-0.05, 0) is 132 Å². The van der Waals surface area contributed by atoms with Crippen LogP contribution in [0.5, 0.6) is 11.5 Å². The molecule has 3 atom stereocenters. The lowest BCUT2D eigenvalue weighted by Crippen LogP contribution is -2.60. The number of aryl methyl sites for hydroxylation is 1. The van der Waals surface area contributed by atoms with Crippen molar-refractivity contribution >= 4 is 12.4 Å². The van der Waals surface area contributed by atoms with Crippen LogP contribution in [0.25, 0.3) is 0 Å². The Bertz CT molecular complexity index is 1770. The van der Waals surface area contributed by atoms with Crippen molar-refractivity contribution < 1.29 is 27.6 Å². The van der Waals surface area contributed by atoms with E-state index in [0.717, 1.165) is 30.8 Å². The Kier molecular flexibility index (Phi) is 12.6. The van der Waals surface area contributed by atoms with Gasteiger partial charge in [-0.1, -0.05) is 76.7 Å². The predicted molar refractivity (Wildman–Crippen MR) is 240 cm³/mol. The largest absolute Gasteiger partial charge is 0.704 e. The van der Waals surface area contributed by atoms with Gasteiger partial charge >= 0.3 is 6.03 Å². The lowest BCUT2D eigenvalue weighted by Gasteiger charge is -2.39. The lowest BCUT2D eigenvalue weighted by molar-refractivity contribution is -0.923. The van der Waals surface area contributed by atoms with Crippen LogP contribution in [0.3, 0.4) is 0 Å². The smallest absolute Gasteiger partial charge is 0.340 e. The Morgan fingerprint density at radius 3 is 1.49 bits per heavy atom. The Labute approximate surface area is 349 Å². The van der Waals surface area contributed by atoms with Crippen LogP contribution in [0.1, 0.15) is 182 Å². The molecule has 0 amide bonds. The van der Waals surface area contributed by atoms with Gasteiger partial charge in [0.15, 0.2) is 23.9 Å². The topological polar surface area (TPSA) is 24.5 Å². The van der Waals surface area contributed by atoms with Crippen LogP contribution in [0, 0.1) is 0 Å². The summed E-state index contributed by atoms with van der Waals surface area (Å²) in [5.74, 6) is 2.00. The van der Waals surface area contributed by atoms with E-state index < -0.39 is 6.03 Å². The number of rotatable bonds is 16. The summed E-state index contributed by atoms with van der Waals surface area (Å²) < 4.78 is 22.5. The van der Waals surface area contributed by atoms with E-state index in [0.29, 0.717) is 12.1 Å². The molecular formula is C51H84N4O2+4. The molecule has 0 bridgehead atoms. The Balaban J connectivity index is 1.46. The third-order valence-electron chi connectivity index (χ3n) is 15.9. The molecule has 2 aromatic rings. The summed E-state index contributed by atoms with van der Waals surface area (Å²) in [5, 5.41) is 0. The summed E-state index contributed by atoms with van der Waals surface area (Å²) >= 11 is 0. The van der Waals surface area contributed by atoms with E-state index in [2.05, 4.69) is 143 Å². The first-order chi connectivity index (χ1) is 26.9. The molecule has 316 valence electrons. The zero-order valence-electron chi connectivity index (χ0n) is 39.2. The predicted octanol–water partition coefficient (Wildman–Crippen LogP) is 10.7. The zero-order chi connectivity index (χ0) is 41.6. The average molecular weight is 785 g/mol. The van der Waals surface area contributed by atoms with Crippen molar-refractivity contribution in [3.63, 3.8) is 0 Å². The summed E-state index contributed by atoms with van der Waals surface area (Å²) in [6.07, 6.45) is 15.6. The highest BCUT2D eigenvalue weighted by molar-refractivity contribution is 5.85. The summed E-state index contributed by atoms with van der Waals surface area (Å²) in [5.41, 5.74) is 7.88. The molecule has 0 aromatic heterocycles. The second kappa shape index (κ2) is 16.4. The molecule has 3 unspecified atom stereocenters. The van der Waals surface area contributed by atoms with E-state index in [1.54, 1.807) is 0 Å². The van der Waals surface area contributed by atoms with Gasteiger partial charge in [0.25, 0.3) is 0 Å². The highest BCUT2D eigenvalue weighted by Gasteiger charge is 2.76. The maximum atomic E-state index is 7.55. The number of hydrogen-bond donors (Lipinski definition) is 0. The molecule has 1 spiro atoms. The van der Waals surface area contributed by atoms with Crippen LogP contribution in [0.2, 0.25) is 0 Å². The van der Waals surface area contributed by atoms with Gasteiger partial charge in [0.05, 0.1) is 63.5 Å². The van der Waals surface area contributed by atoms with Gasteiger partial charge in [0, 0.05) is 18.4 Å². The van der Waals surface area contributed by atoms with Crippen LogP contribution in [0.15, 0.2) is 24.3 Å². The first-order valence-corrected chi connectivity index (χ1v) is 23.6. The Morgan fingerprint density at radius 1 is 0.596 bits per heavy atom. The molecule has 1 aliphatic carbocycles. The minimum absolute atomic E-state index is 0.0349. The molecule has 57 heavy (non-hydrogen) atoms. The van der Waals surface area contributed by atoms with Crippen molar-refractivity contribution in [2.24, 2.45) is 0 Å². The molecule has 2 aromatic carbocycles. The maximum Gasteiger partial charge on any atom is 0.704 e. The fourth-order valence-electron chi connectivity index (χ4n) is 11.2. The van der Waals surface area contributed by atoms with Crippen LogP contribution >= 0.6 is 0 Å². The minimum Gasteiger partial charge on any atom is -0.340 e. The van der Waals surface area contributed by atoms with E-state index in [1.807, 2.05) is 0 Å². The lowest BCUT2D eigenvalue weighted by atomic mass is 9.73. The summed E-state index contributed by atoms with van der Waals surface area (Å²) in [6.45, 7) is 43.0. The minimum atomic E-state index is -1.03. The summed E-state index contributed by atoms with van der Waals surface area (Å²) in [4.78, 5) is 0. The first-order valence-electron chi connectivity index (χ1n) is 23.6. The normalized spacial score (nSPS) is 22.0. The van der Waals surface area contributed by atoms with Gasteiger partial charge < -0.3 is 18.4 Å². The summed E-state index contributed by atoms with van der Waals surface area (Å²) in [7, 11) is 0. The van der Waals surface area contributed by atoms with E-state index in [9.17, 15) is 0 Å².